The molecule has 1 saturated heterocycles. The fourth-order valence-electron chi connectivity index (χ4n) is 2.88. The summed E-state index contributed by atoms with van der Waals surface area (Å²) < 4.78 is 0. The van der Waals surface area contributed by atoms with E-state index in [4.69, 9.17) is 0 Å². The number of aromatic hydroxyl groups is 1. The van der Waals surface area contributed by atoms with Crippen LogP contribution in [0.2, 0.25) is 0 Å². The van der Waals surface area contributed by atoms with Gasteiger partial charge in [-0.15, -0.1) is 0 Å². The largest absolute Gasteiger partial charge is 0.508 e. The maximum atomic E-state index is 11.8. The molecular formula is C17H27N3O2. The molecule has 1 heterocycles. The summed E-state index contributed by atoms with van der Waals surface area (Å²) in [5.74, 6) is 0.311. The number of nitrogens with zero attached hydrogens (tertiary/aromatic N) is 1. The first-order chi connectivity index (χ1) is 10.6. The molecule has 1 aliphatic rings. The van der Waals surface area contributed by atoms with E-state index < -0.39 is 0 Å². The van der Waals surface area contributed by atoms with Gasteiger partial charge >= 0.3 is 6.03 Å². The molecule has 2 atom stereocenters. The first-order valence-electron chi connectivity index (χ1n) is 8.15. The summed E-state index contributed by atoms with van der Waals surface area (Å²) >= 11 is 0. The molecule has 122 valence electrons. The van der Waals surface area contributed by atoms with Crippen molar-refractivity contribution in [2.75, 3.05) is 19.6 Å². The first-order valence-corrected chi connectivity index (χ1v) is 8.15. The number of likely N-dealkylation sites (tertiary alicyclic amines) is 1. The Labute approximate surface area is 132 Å². The molecule has 1 aliphatic heterocycles. The minimum atomic E-state index is 0.0450. The molecule has 0 aromatic heterocycles. The third-order valence-electron chi connectivity index (χ3n) is 4.13. The number of benzene rings is 1. The monoisotopic (exact) mass is 305 g/mol. The van der Waals surface area contributed by atoms with Crippen molar-refractivity contribution in [1.29, 1.82) is 0 Å². The van der Waals surface area contributed by atoms with Crippen LogP contribution in [0.1, 0.15) is 32.3 Å². The van der Waals surface area contributed by atoms with Crippen LogP contribution in [0.3, 0.4) is 0 Å². The van der Waals surface area contributed by atoms with Crippen molar-refractivity contribution in [3.05, 3.63) is 29.8 Å². The number of phenolic OH excluding ortho intramolecular Hbond substituents is 1. The Balaban J connectivity index is 1.70. The highest BCUT2D eigenvalue weighted by molar-refractivity contribution is 5.74. The Kier molecular flexibility index (Phi) is 6.07. The number of amides is 2. The SMILES string of the molecule is CCNC(=O)N1CC[C@@H](N[C@H](C)CCc2ccc(O)cc2)C1. The molecule has 0 radical (unpaired) electrons. The quantitative estimate of drug-likeness (QED) is 0.754. The van der Waals surface area contributed by atoms with Crippen LogP contribution in [0.15, 0.2) is 24.3 Å². The van der Waals surface area contributed by atoms with E-state index in [0.717, 1.165) is 32.4 Å². The lowest BCUT2D eigenvalue weighted by molar-refractivity contribution is 0.208. The minimum absolute atomic E-state index is 0.0450. The molecule has 0 bridgehead atoms. The summed E-state index contributed by atoms with van der Waals surface area (Å²) in [5.41, 5.74) is 1.24. The molecule has 1 fully saturated rings. The van der Waals surface area contributed by atoms with E-state index in [1.54, 1.807) is 12.1 Å². The second kappa shape index (κ2) is 8.03. The topological polar surface area (TPSA) is 64.6 Å². The van der Waals surface area contributed by atoms with Gasteiger partial charge in [-0.25, -0.2) is 4.79 Å². The number of carbonyl (C=O) groups excluding carboxylic acids is 1. The molecule has 1 aromatic carbocycles. The molecule has 0 spiro atoms. The van der Waals surface area contributed by atoms with E-state index in [2.05, 4.69) is 17.6 Å². The number of rotatable bonds is 6. The van der Waals surface area contributed by atoms with Gasteiger partial charge < -0.3 is 20.6 Å². The van der Waals surface area contributed by atoms with E-state index in [-0.39, 0.29) is 6.03 Å². The first kappa shape index (κ1) is 16.6. The van der Waals surface area contributed by atoms with Gasteiger partial charge in [0.05, 0.1) is 0 Å². The van der Waals surface area contributed by atoms with Crippen LogP contribution < -0.4 is 10.6 Å². The molecule has 0 unspecified atom stereocenters. The summed E-state index contributed by atoms with van der Waals surface area (Å²) in [7, 11) is 0. The Morgan fingerprint density at radius 1 is 1.41 bits per heavy atom. The van der Waals surface area contributed by atoms with E-state index in [1.165, 1.54) is 5.56 Å². The third kappa shape index (κ3) is 4.91. The van der Waals surface area contributed by atoms with Crippen LogP contribution in [0, 0.1) is 0 Å². The van der Waals surface area contributed by atoms with Gasteiger partial charge in [-0.2, -0.15) is 0 Å². The molecule has 5 nitrogen and oxygen atoms in total. The molecule has 22 heavy (non-hydrogen) atoms. The molecule has 2 rings (SSSR count). The zero-order valence-corrected chi connectivity index (χ0v) is 13.5. The van der Waals surface area contributed by atoms with Crippen LogP contribution >= 0.6 is 0 Å². The van der Waals surface area contributed by atoms with Crippen molar-refractivity contribution in [1.82, 2.24) is 15.5 Å². The van der Waals surface area contributed by atoms with Crippen LogP contribution in [0.25, 0.3) is 0 Å². The molecule has 1 aromatic rings. The van der Waals surface area contributed by atoms with Crippen molar-refractivity contribution < 1.29 is 9.90 Å². The molecule has 0 saturated carbocycles. The van der Waals surface area contributed by atoms with Gasteiger partial charge in [0.1, 0.15) is 5.75 Å². The zero-order valence-electron chi connectivity index (χ0n) is 13.5. The number of phenols is 1. The van der Waals surface area contributed by atoms with Crippen LogP contribution in [0.4, 0.5) is 4.79 Å². The van der Waals surface area contributed by atoms with Gasteiger partial charge in [0.15, 0.2) is 0 Å². The average Bonchev–Trinajstić information content (AvgIpc) is 2.95. The molecule has 3 N–H and O–H groups in total. The van der Waals surface area contributed by atoms with Gasteiger partial charge in [-0.1, -0.05) is 12.1 Å². The smallest absolute Gasteiger partial charge is 0.317 e. The van der Waals surface area contributed by atoms with Crippen LogP contribution in [-0.4, -0.2) is 47.8 Å². The predicted molar refractivity (Wildman–Crippen MR) is 88.1 cm³/mol. The van der Waals surface area contributed by atoms with Crippen molar-refractivity contribution in [2.45, 2.75) is 45.2 Å². The van der Waals surface area contributed by atoms with Crippen molar-refractivity contribution in [3.63, 3.8) is 0 Å². The summed E-state index contributed by atoms with van der Waals surface area (Å²) in [4.78, 5) is 13.7. The van der Waals surface area contributed by atoms with E-state index in [0.29, 0.717) is 24.4 Å². The lowest BCUT2D eigenvalue weighted by atomic mass is 10.1. The fourth-order valence-corrected chi connectivity index (χ4v) is 2.88. The lowest BCUT2D eigenvalue weighted by Gasteiger charge is -2.20. The van der Waals surface area contributed by atoms with Gasteiger partial charge in [0.25, 0.3) is 0 Å². The van der Waals surface area contributed by atoms with E-state index >= 15 is 0 Å². The number of aryl methyl sites for hydroxylation is 1. The zero-order chi connectivity index (χ0) is 15.9. The standard InChI is InChI=1S/C17H27N3O2/c1-3-18-17(22)20-11-10-15(12-20)19-13(2)4-5-14-6-8-16(21)9-7-14/h6-9,13,15,19,21H,3-5,10-12H2,1-2H3,(H,18,22)/t13-,15-/m1/s1. The number of carbonyl (C=O) groups is 1. The summed E-state index contributed by atoms with van der Waals surface area (Å²) in [6.07, 6.45) is 3.05. The average molecular weight is 305 g/mol. The third-order valence-corrected chi connectivity index (χ3v) is 4.13. The maximum absolute atomic E-state index is 11.8. The highest BCUT2D eigenvalue weighted by Gasteiger charge is 2.26. The second-order valence-electron chi connectivity index (χ2n) is 6.04. The van der Waals surface area contributed by atoms with Gasteiger partial charge in [0, 0.05) is 31.7 Å². The van der Waals surface area contributed by atoms with Crippen molar-refractivity contribution in [2.24, 2.45) is 0 Å². The number of hydrogen-bond acceptors (Lipinski definition) is 3. The highest BCUT2D eigenvalue weighted by Crippen LogP contribution is 2.14. The van der Waals surface area contributed by atoms with Crippen LogP contribution in [0.5, 0.6) is 5.75 Å². The second-order valence-corrected chi connectivity index (χ2v) is 6.04. The Hall–Kier alpha value is -1.75. The van der Waals surface area contributed by atoms with Gasteiger partial charge in [-0.05, 0) is 50.8 Å². The Bertz CT molecular complexity index is 475. The number of urea groups is 1. The summed E-state index contributed by atoms with van der Waals surface area (Å²) in [6, 6.07) is 8.24. The normalized spacial score (nSPS) is 19.2. The van der Waals surface area contributed by atoms with Crippen molar-refractivity contribution in [3.8, 4) is 5.75 Å². The number of nitrogens with one attached hydrogen (secondary N) is 2. The van der Waals surface area contributed by atoms with Gasteiger partial charge in [0.2, 0.25) is 0 Å². The van der Waals surface area contributed by atoms with E-state index in [9.17, 15) is 9.90 Å². The van der Waals surface area contributed by atoms with Gasteiger partial charge in [-0.3, -0.25) is 0 Å². The Morgan fingerprint density at radius 3 is 2.82 bits per heavy atom. The van der Waals surface area contributed by atoms with Crippen LogP contribution in [-0.2, 0) is 6.42 Å². The van der Waals surface area contributed by atoms with Crippen molar-refractivity contribution >= 4 is 6.03 Å². The lowest BCUT2D eigenvalue weighted by Crippen LogP contribution is -2.42. The maximum Gasteiger partial charge on any atom is 0.317 e. The summed E-state index contributed by atoms with van der Waals surface area (Å²) in [5, 5.41) is 15.7. The molecule has 5 heteroatoms. The molecule has 0 aliphatic carbocycles. The predicted octanol–water partition coefficient (Wildman–Crippen LogP) is 2.11. The molecule has 2 amide bonds. The van der Waals surface area contributed by atoms with E-state index in [1.807, 2.05) is 24.0 Å². The Morgan fingerprint density at radius 2 is 2.14 bits per heavy atom. The molecular weight excluding hydrogens is 278 g/mol. The highest BCUT2D eigenvalue weighted by atomic mass is 16.3. The minimum Gasteiger partial charge on any atom is -0.508 e. The fraction of sp³-hybridized carbons (Fsp3) is 0.588. The summed E-state index contributed by atoms with van der Waals surface area (Å²) in [6.45, 7) is 6.42. The number of hydrogen-bond donors (Lipinski definition) is 3.